The van der Waals surface area contributed by atoms with E-state index in [0.29, 0.717) is 38.0 Å². The van der Waals surface area contributed by atoms with Crippen molar-refractivity contribution in [3.05, 3.63) is 33.8 Å². The summed E-state index contributed by atoms with van der Waals surface area (Å²) in [6.45, 7) is 5.84. The van der Waals surface area contributed by atoms with Crippen molar-refractivity contribution in [2.24, 2.45) is 0 Å². The van der Waals surface area contributed by atoms with Gasteiger partial charge in [0, 0.05) is 49.3 Å². The van der Waals surface area contributed by atoms with E-state index < -0.39 is 11.6 Å². The van der Waals surface area contributed by atoms with Gasteiger partial charge in [0.25, 0.3) is 0 Å². The Morgan fingerprint density at radius 3 is 2.68 bits per heavy atom. The van der Waals surface area contributed by atoms with Crippen LogP contribution in [0.4, 0.5) is 4.79 Å². The average molecular weight is 447 g/mol. The molecule has 150 valence electrons. The van der Waals surface area contributed by atoms with Crippen molar-refractivity contribution in [3.8, 4) is 6.07 Å². The second kappa shape index (κ2) is 7.66. The molecule has 6 nitrogen and oxygen atoms in total. The molecule has 0 aromatic heterocycles. The quantitative estimate of drug-likeness (QED) is 0.752. The molecule has 2 unspecified atom stereocenters. The molecule has 0 saturated carbocycles. The lowest BCUT2D eigenvalue weighted by Crippen LogP contribution is -2.62. The van der Waals surface area contributed by atoms with Crippen molar-refractivity contribution in [3.63, 3.8) is 0 Å². The molecule has 1 aliphatic carbocycles. The highest BCUT2D eigenvalue weighted by molar-refractivity contribution is 9.10. The van der Waals surface area contributed by atoms with Gasteiger partial charge in [-0.3, -0.25) is 9.80 Å². The number of likely N-dealkylation sites (tertiary alicyclic amines) is 1. The fraction of sp³-hybridized carbons (Fsp3) is 0.619. The fourth-order valence-electron chi connectivity index (χ4n) is 5.30. The van der Waals surface area contributed by atoms with E-state index in [1.807, 2.05) is 0 Å². The maximum Gasteiger partial charge on any atom is 0.407 e. The van der Waals surface area contributed by atoms with Gasteiger partial charge in [-0.05, 0) is 55.9 Å². The van der Waals surface area contributed by atoms with E-state index in [0.717, 1.165) is 36.9 Å². The highest BCUT2D eigenvalue weighted by Gasteiger charge is 2.44. The maximum atomic E-state index is 11.2. The van der Waals surface area contributed by atoms with E-state index in [9.17, 15) is 15.2 Å². The number of hydrogen-bond acceptors (Lipinski definition) is 4. The minimum Gasteiger partial charge on any atom is -0.465 e. The monoisotopic (exact) mass is 446 g/mol. The molecule has 1 aromatic rings. The zero-order chi connectivity index (χ0) is 19.9. The molecular formula is C21H27BrN4O2. The summed E-state index contributed by atoms with van der Waals surface area (Å²) in [5, 5.41) is 19.2. The van der Waals surface area contributed by atoms with Crippen molar-refractivity contribution < 1.29 is 9.90 Å². The molecule has 2 atom stereocenters. The van der Waals surface area contributed by atoms with Gasteiger partial charge in [0.2, 0.25) is 0 Å². The Hall–Kier alpha value is -1.62. The molecule has 7 heteroatoms. The van der Waals surface area contributed by atoms with Crippen LogP contribution in [0.25, 0.3) is 0 Å². The van der Waals surface area contributed by atoms with E-state index >= 15 is 0 Å². The molecule has 28 heavy (non-hydrogen) atoms. The Morgan fingerprint density at radius 2 is 2.04 bits per heavy atom. The summed E-state index contributed by atoms with van der Waals surface area (Å²) in [7, 11) is 0. The lowest BCUT2D eigenvalue weighted by Gasteiger charge is -2.50. The molecule has 2 heterocycles. The lowest BCUT2D eigenvalue weighted by atomic mass is 9.85. The number of nitriles is 1. The van der Waals surface area contributed by atoms with Crippen LogP contribution in [-0.4, -0.2) is 70.2 Å². The number of fused-ring (bicyclic) bond motifs is 1. The van der Waals surface area contributed by atoms with Crippen LogP contribution in [0.3, 0.4) is 0 Å². The smallest absolute Gasteiger partial charge is 0.407 e. The number of benzene rings is 1. The van der Waals surface area contributed by atoms with Gasteiger partial charge in [0.05, 0.1) is 6.07 Å². The first kappa shape index (κ1) is 19.7. The Morgan fingerprint density at radius 1 is 1.29 bits per heavy atom. The summed E-state index contributed by atoms with van der Waals surface area (Å²) in [6.07, 6.45) is 2.61. The molecule has 2 saturated heterocycles. The highest BCUT2D eigenvalue weighted by Crippen LogP contribution is 2.40. The molecule has 0 spiro atoms. The van der Waals surface area contributed by atoms with Crippen LogP contribution in [0.2, 0.25) is 0 Å². The number of carboxylic acid groups (broad SMARTS) is 1. The van der Waals surface area contributed by atoms with Gasteiger partial charge in [-0.25, -0.2) is 4.79 Å². The minimum absolute atomic E-state index is 0.371. The van der Waals surface area contributed by atoms with Crippen LogP contribution in [0.5, 0.6) is 0 Å². The first-order chi connectivity index (χ1) is 13.4. The standard InChI is InChI=1S/C21H27BrN4O2/c1-15-13-25(21(14-23)6-8-24(9-7-21)20(27)28)10-11-26(15)19-5-2-16-12-17(22)3-4-18(16)19/h3-4,12,15,19H,2,5-11,13H2,1H3,(H,27,28). The minimum atomic E-state index is -0.878. The van der Waals surface area contributed by atoms with Gasteiger partial charge in [0.1, 0.15) is 5.54 Å². The van der Waals surface area contributed by atoms with Crippen LogP contribution in [-0.2, 0) is 6.42 Å². The Balaban J connectivity index is 1.45. The summed E-state index contributed by atoms with van der Waals surface area (Å²) in [5.74, 6) is 0. The van der Waals surface area contributed by atoms with Crippen LogP contribution < -0.4 is 0 Å². The number of nitrogens with zero attached hydrogens (tertiary/aromatic N) is 4. The van der Waals surface area contributed by atoms with E-state index in [1.165, 1.54) is 16.0 Å². The lowest BCUT2D eigenvalue weighted by molar-refractivity contribution is -0.0144. The van der Waals surface area contributed by atoms with E-state index in [4.69, 9.17) is 0 Å². The predicted molar refractivity (Wildman–Crippen MR) is 110 cm³/mol. The summed E-state index contributed by atoms with van der Waals surface area (Å²) < 4.78 is 1.15. The van der Waals surface area contributed by atoms with Crippen molar-refractivity contribution in [1.29, 1.82) is 5.26 Å². The second-order valence-corrected chi connectivity index (χ2v) is 9.26. The molecule has 4 rings (SSSR count). The number of hydrogen-bond donors (Lipinski definition) is 1. The first-order valence-corrected chi connectivity index (χ1v) is 10.9. The summed E-state index contributed by atoms with van der Waals surface area (Å²) >= 11 is 3.58. The van der Waals surface area contributed by atoms with Gasteiger partial charge in [-0.2, -0.15) is 5.26 Å². The Kier molecular flexibility index (Phi) is 5.38. The number of aryl methyl sites for hydroxylation is 1. The molecule has 2 aliphatic heterocycles. The van der Waals surface area contributed by atoms with Gasteiger partial charge in [-0.15, -0.1) is 0 Å². The van der Waals surface area contributed by atoms with Gasteiger partial charge < -0.3 is 10.0 Å². The fourth-order valence-corrected chi connectivity index (χ4v) is 5.71. The SMILES string of the molecule is CC1CN(C2(C#N)CCN(C(=O)O)CC2)CCN1C1CCc2cc(Br)ccc21. The summed E-state index contributed by atoms with van der Waals surface area (Å²) in [5.41, 5.74) is 2.38. The van der Waals surface area contributed by atoms with E-state index in [2.05, 4.69) is 56.9 Å². The van der Waals surface area contributed by atoms with Crippen molar-refractivity contribution in [2.75, 3.05) is 32.7 Å². The molecule has 1 amide bonds. The molecule has 3 aliphatic rings. The highest BCUT2D eigenvalue weighted by atomic mass is 79.9. The third-order valence-corrected chi connectivity index (χ3v) is 7.40. The van der Waals surface area contributed by atoms with Crippen LogP contribution in [0.15, 0.2) is 22.7 Å². The van der Waals surface area contributed by atoms with Crippen LogP contribution >= 0.6 is 15.9 Å². The van der Waals surface area contributed by atoms with Crippen molar-refractivity contribution in [2.45, 2.75) is 50.2 Å². The molecule has 0 radical (unpaired) electrons. The van der Waals surface area contributed by atoms with Gasteiger partial charge in [0.15, 0.2) is 0 Å². The third kappa shape index (κ3) is 3.42. The third-order valence-electron chi connectivity index (χ3n) is 6.90. The summed E-state index contributed by atoms with van der Waals surface area (Å²) in [6, 6.07) is 10.0. The number of amides is 1. The number of piperazine rings is 1. The first-order valence-electron chi connectivity index (χ1n) is 10.1. The maximum absolute atomic E-state index is 11.2. The van der Waals surface area contributed by atoms with Gasteiger partial charge in [-0.1, -0.05) is 22.0 Å². The Bertz CT molecular complexity index is 800. The van der Waals surface area contributed by atoms with E-state index in [1.54, 1.807) is 0 Å². The van der Waals surface area contributed by atoms with Crippen LogP contribution in [0, 0.1) is 11.3 Å². The van der Waals surface area contributed by atoms with Crippen molar-refractivity contribution in [1.82, 2.24) is 14.7 Å². The summed E-state index contributed by atoms with van der Waals surface area (Å²) in [4.78, 5) is 17.6. The second-order valence-electron chi connectivity index (χ2n) is 8.34. The number of carbonyl (C=O) groups is 1. The van der Waals surface area contributed by atoms with Gasteiger partial charge >= 0.3 is 6.09 Å². The van der Waals surface area contributed by atoms with E-state index in [-0.39, 0.29) is 0 Å². The molecule has 1 aromatic carbocycles. The predicted octanol–water partition coefficient (Wildman–Crippen LogP) is 3.48. The topological polar surface area (TPSA) is 70.8 Å². The number of rotatable bonds is 2. The molecular weight excluding hydrogens is 420 g/mol. The largest absolute Gasteiger partial charge is 0.465 e. The molecule has 0 bridgehead atoms. The zero-order valence-corrected chi connectivity index (χ0v) is 17.9. The average Bonchev–Trinajstić information content (AvgIpc) is 3.10. The molecule has 2 fully saturated rings. The van der Waals surface area contributed by atoms with Crippen LogP contribution in [0.1, 0.15) is 43.4 Å². The number of piperidine rings is 1. The number of halogens is 1. The zero-order valence-electron chi connectivity index (χ0n) is 16.3. The molecule has 1 N–H and O–H groups in total. The normalized spacial score (nSPS) is 28.0. The van der Waals surface area contributed by atoms with Crippen molar-refractivity contribution >= 4 is 22.0 Å². The Labute approximate surface area is 174 Å².